The van der Waals surface area contributed by atoms with E-state index in [4.69, 9.17) is 39.9 Å². The minimum atomic E-state index is 0. The Morgan fingerprint density at radius 3 is 0.646 bits per heavy atom. The monoisotopic (exact) mass is 1190 g/mol. The van der Waals surface area contributed by atoms with Gasteiger partial charge in [-0.05, 0) is 120 Å². The fraction of sp³-hybridized carbons (Fsp3) is 0.500. The van der Waals surface area contributed by atoms with Crippen molar-refractivity contribution in [1.29, 1.82) is 0 Å². The van der Waals surface area contributed by atoms with Crippen LogP contribution >= 0.6 is 0 Å². The van der Waals surface area contributed by atoms with E-state index < -0.39 is 0 Å². The minimum Gasteiger partial charge on any atom is -0.357 e. The third-order valence-electron chi connectivity index (χ3n) is 21.1. The molecule has 18 rings (SSSR count). The SMILES string of the molecule is C1CCC2C3NC(NC4NC(NC5NC(NC6NC(N3)C3CCCCC63)C3CCCCC53)C3CCCCC43)C2C1.[Cu+2].[Zn].c1ccc2c(c1)-c1nc-2nc2[n-]c(nc3nc(nc4[n-]c(n1)c1ccccc41)-c1ccccc1-3)c1ccccc21. The van der Waals surface area contributed by atoms with E-state index in [1.165, 1.54) is 103 Å². The molecule has 5 saturated heterocycles. The molecule has 4 aromatic carbocycles. The van der Waals surface area contributed by atoms with Crippen LogP contribution in [0.4, 0.5) is 0 Å². The van der Waals surface area contributed by atoms with Crippen molar-refractivity contribution in [3.8, 4) is 45.6 Å². The molecule has 18 heteroatoms. The van der Waals surface area contributed by atoms with Crippen LogP contribution in [0.1, 0.15) is 103 Å². The molecule has 1 radical (unpaired) electrons. The summed E-state index contributed by atoms with van der Waals surface area (Å²) in [5, 5.41) is 37.4. The molecule has 0 spiro atoms. The smallest absolute Gasteiger partial charge is 0.357 e. The molecule has 8 unspecified atom stereocenters. The average molecular weight is 1190 g/mol. The van der Waals surface area contributed by atoms with Gasteiger partial charge in [0.15, 0.2) is 0 Å². The Balaban J connectivity index is 0.000000137. The van der Waals surface area contributed by atoms with E-state index >= 15 is 0 Å². The van der Waals surface area contributed by atoms with Crippen molar-refractivity contribution < 1.29 is 36.5 Å². The van der Waals surface area contributed by atoms with Crippen LogP contribution < -0.4 is 52.5 Å². The molecule has 16 nitrogen and oxygen atoms in total. The molecule has 3 aromatic heterocycles. The molecule has 11 aliphatic rings. The summed E-state index contributed by atoms with van der Waals surface area (Å²) in [6.45, 7) is 0. The Labute approximate surface area is 502 Å². The normalized spacial score (nSPS) is 34.0. The predicted octanol–water partition coefficient (Wildman–Crippen LogP) is 8.73. The molecule has 0 amide bonds. The van der Waals surface area contributed by atoms with Crippen molar-refractivity contribution in [2.24, 2.45) is 47.3 Å². The molecule has 82 heavy (non-hydrogen) atoms. The summed E-state index contributed by atoms with van der Waals surface area (Å²) in [5.74, 6) is 8.18. The van der Waals surface area contributed by atoms with Crippen molar-refractivity contribution >= 4 is 44.1 Å². The number of hydrogen-bond acceptors (Lipinski definition) is 14. The number of nitrogens with zero attached hydrogens (tertiary/aromatic N) is 8. The molecule has 8 atom stereocenters. The Morgan fingerprint density at radius 1 is 0.268 bits per heavy atom. The van der Waals surface area contributed by atoms with Crippen LogP contribution in [-0.2, 0) is 36.5 Å². The predicted molar refractivity (Wildman–Crippen MR) is 311 cm³/mol. The molecule has 8 N–H and O–H groups in total. The zero-order valence-corrected chi connectivity index (χ0v) is 50.3. The maximum atomic E-state index is 4.95. The molecular formula is C64H72CuN16Zn. The van der Waals surface area contributed by atoms with Gasteiger partial charge in [0, 0.05) is 64.3 Å². The fourth-order valence-corrected chi connectivity index (χ4v) is 17.4. The van der Waals surface area contributed by atoms with Gasteiger partial charge in [0.25, 0.3) is 0 Å². The Bertz CT molecular complexity index is 3170. The van der Waals surface area contributed by atoms with E-state index in [1.807, 2.05) is 97.1 Å². The molecular weight excluding hydrogens is 1120 g/mol. The van der Waals surface area contributed by atoms with Crippen molar-refractivity contribution in [3.63, 3.8) is 0 Å². The van der Waals surface area contributed by atoms with E-state index in [9.17, 15) is 0 Å². The van der Waals surface area contributed by atoms with Gasteiger partial charge in [-0.3, -0.25) is 42.5 Å². The van der Waals surface area contributed by atoms with Gasteiger partial charge in [-0.2, -0.15) is 0 Å². The van der Waals surface area contributed by atoms with Crippen LogP contribution in [0.3, 0.4) is 0 Å². The van der Waals surface area contributed by atoms with Crippen LogP contribution in [-0.4, -0.2) is 79.2 Å². The summed E-state index contributed by atoms with van der Waals surface area (Å²) in [6.07, 6.45) is 25.6. The fourth-order valence-electron chi connectivity index (χ4n) is 17.4. The third-order valence-corrected chi connectivity index (χ3v) is 21.1. The minimum absolute atomic E-state index is 0. The van der Waals surface area contributed by atoms with E-state index in [0.717, 1.165) is 91.1 Å². The summed E-state index contributed by atoms with van der Waals surface area (Å²) in [7, 11) is 0. The van der Waals surface area contributed by atoms with Crippen LogP contribution in [0.2, 0.25) is 0 Å². The Hall–Kier alpha value is -4.94. The first-order chi connectivity index (χ1) is 39.6. The Kier molecular flexibility index (Phi) is 14.5. The zero-order chi connectivity index (χ0) is 52.4. The van der Waals surface area contributed by atoms with Crippen molar-refractivity contribution in [3.05, 3.63) is 97.1 Å². The summed E-state index contributed by atoms with van der Waals surface area (Å²) in [5.41, 5.74) is 5.78. The number of benzene rings is 4. The molecule has 10 heterocycles. The maximum absolute atomic E-state index is 4.95. The van der Waals surface area contributed by atoms with Crippen LogP contribution in [0.25, 0.3) is 89.7 Å². The largest absolute Gasteiger partial charge is 2.00 e. The first-order valence-corrected chi connectivity index (χ1v) is 30.8. The summed E-state index contributed by atoms with van der Waals surface area (Å²) in [6, 6.07) is 31.8. The molecule has 4 aliphatic carbocycles. The molecule has 7 aromatic rings. The number of rotatable bonds is 0. The molecule has 9 fully saturated rings. The second-order valence-electron chi connectivity index (χ2n) is 25.3. The van der Waals surface area contributed by atoms with E-state index in [0.29, 0.717) is 95.2 Å². The van der Waals surface area contributed by atoms with Crippen molar-refractivity contribution in [2.75, 3.05) is 0 Å². The van der Waals surface area contributed by atoms with Gasteiger partial charge in [0.2, 0.25) is 0 Å². The van der Waals surface area contributed by atoms with E-state index in [1.54, 1.807) is 0 Å². The van der Waals surface area contributed by atoms with Crippen LogP contribution in [0.5, 0.6) is 0 Å². The van der Waals surface area contributed by atoms with Gasteiger partial charge < -0.3 is 29.9 Å². The van der Waals surface area contributed by atoms with Crippen LogP contribution in [0, 0.1) is 47.3 Å². The van der Waals surface area contributed by atoms with Gasteiger partial charge in [0.1, 0.15) is 0 Å². The van der Waals surface area contributed by atoms with Crippen molar-refractivity contribution in [1.82, 2.24) is 82.4 Å². The second kappa shape index (κ2) is 22.2. The molecule has 4 saturated carbocycles. The maximum Gasteiger partial charge on any atom is 2.00 e. The molecule has 7 aliphatic heterocycles. The quantitative estimate of drug-likeness (QED) is 0.0670. The number of hydrogen-bond donors (Lipinski definition) is 8. The first kappa shape index (κ1) is 53.8. The average Bonchev–Trinajstić information content (AvgIpc) is 4.54. The van der Waals surface area contributed by atoms with Gasteiger partial charge >= 0.3 is 17.1 Å². The topological polar surface area (TPSA) is 202 Å². The van der Waals surface area contributed by atoms with Gasteiger partial charge in [-0.15, -0.1) is 0 Å². The van der Waals surface area contributed by atoms with Gasteiger partial charge in [-0.1, -0.05) is 148 Å². The zero-order valence-electron chi connectivity index (χ0n) is 46.4. The summed E-state index contributed by atoms with van der Waals surface area (Å²) >= 11 is 0. The Morgan fingerprint density at radius 2 is 0.451 bits per heavy atom. The van der Waals surface area contributed by atoms with E-state index in [-0.39, 0.29) is 36.5 Å². The summed E-state index contributed by atoms with van der Waals surface area (Å²) < 4.78 is 0. The summed E-state index contributed by atoms with van der Waals surface area (Å²) in [4.78, 5) is 39.3. The van der Waals surface area contributed by atoms with Crippen molar-refractivity contribution in [2.45, 2.75) is 152 Å². The number of fused-ring (bicyclic) bond motifs is 40. The van der Waals surface area contributed by atoms with Gasteiger partial charge in [0.05, 0.1) is 72.6 Å². The van der Waals surface area contributed by atoms with Gasteiger partial charge in [-0.25, -0.2) is 9.97 Å². The number of aromatic nitrogens is 8. The second-order valence-corrected chi connectivity index (χ2v) is 25.3. The molecule has 421 valence electrons. The third kappa shape index (κ3) is 9.24. The number of nitrogens with one attached hydrogen (secondary N) is 8. The van der Waals surface area contributed by atoms with E-state index in [2.05, 4.69) is 42.5 Å². The first-order valence-electron chi connectivity index (χ1n) is 30.8. The van der Waals surface area contributed by atoms with Crippen LogP contribution in [0.15, 0.2) is 97.1 Å². The standard InChI is InChI=1S/C32H56N8.C32H16N8.Cu.Zn/c2*1-2-10-18-17(9-1)25-33-26(18)38-28-21-13-5-6-14-22(21)30(35-28)40-32-24-16-8-7-15-23(24)31(36-32)39-29-20-12-4-3-11-19(20)27(34-29)37-25;;/h17-40H,1-16H2;1-16H;;/q;-2;+2;. The molecule has 16 bridgehead atoms.